The van der Waals surface area contributed by atoms with E-state index < -0.39 is 5.97 Å². The van der Waals surface area contributed by atoms with Gasteiger partial charge in [0.2, 0.25) is 0 Å². The first-order valence-electron chi connectivity index (χ1n) is 4.09. The molecule has 0 aliphatic rings. The van der Waals surface area contributed by atoms with Crippen LogP contribution in [0.5, 0.6) is 0 Å². The number of carboxylic acid groups (broad SMARTS) is 1. The SMILES string of the molecule is CC(C)C(=CC(=O)O)c1cccs1. The molecule has 0 saturated heterocycles. The van der Waals surface area contributed by atoms with Gasteiger partial charge in [-0.05, 0) is 22.9 Å². The van der Waals surface area contributed by atoms with Gasteiger partial charge in [-0.15, -0.1) is 11.3 Å². The first kappa shape index (κ1) is 9.99. The molecule has 0 aliphatic heterocycles. The molecule has 3 heteroatoms. The molecule has 0 atom stereocenters. The van der Waals surface area contributed by atoms with Gasteiger partial charge in [0, 0.05) is 11.0 Å². The van der Waals surface area contributed by atoms with Gasteiger partial charge < -0.3 is 5.11 Å². The van der Waals surface area contributed by atoms with Crippen LogP contribution in [0.1, 0.15) is 18.7 Å². The average Bonchev–Trinajstić information content (AvgIpc) is 2.50. The Kier molecular flexibility index (Phi) is 3.25. The summed E-state index contributed by atoms with van der Waals surface area (Å²) in [5, 5.41) is 10.6. The van der Waals surface area contributed by atoms with Gasteiger partial charge in [0.25, 0.3) is 0 Å². The quantitative estimate of drug-likeness (QED) is 0.755. The molecule has 1 N–H and O–H groups in total. The molecule has 70 valence electrons. The number of carboxylic acids is 1. The summed E-state index contributed by atoms with van der Waals surface area (Å²) >= 11 is 1.57. The summed E-state index contributed by atoms with van der Waals surface area (Å²) in [7, 11) is 0. The van der Waals surface area contributed by atoms with E-state index in [0.29, 0.717) is 0 Å². The first-order valence-corrected chi connectivity index (χ1v) is 4.97. The topological polar surface area (TPSA) is 37.3 Å². The lowest BCUT2D eigenvalue weighted by atomic mass is 10.0. The van der Waals surface area contributed by atoms with Gasteiger partial charge in [-0.1, -0.05) is 19.9 Å². The van der Waals surface area contributed by atoms with Crippen LogP contribution in [0.15, 0.2) is 23.6 Å². The van der Waals surface area contributed by atoms with Crippen molar-refractivity contribution in [2.24, 2.45) is 5.92 Å². The fraction of sp³-hybridized carbons (Fsp3) is 0.300. The van der Waals surface area contributed by atoms with E-state index in [-0.39, 0.29) is 5.92 Å². The average molecular weight is 196 g/mol. The second-order valence-electron chi connectivity index (χ2n) is 3.07. The molecule has 0 unspecified atom stereocenters. The fourth-order valence-corrected chi connectivity index (χ4v) is 1.99. The highest BCUT2D eigenvalue weighted by Gasteiger charge is 2.08. The minimum absolute atomic E-state index is 0.245. The van der Waals surface area contributed by atoms with E-state index in [2.05, 4.69) is 0 Å². The van der Waals surface area contributed by atoms with Gasteiger partial charge in [-0.25, -0.2) is 4.79 Å². The molecule has 0 amide bonds. The van der Waals surface area contributed by atoms with Crippen molar-refractivity contribution in [3.8, 4) is 0 Å². The molecule has 0 aromatic carbocycles. The number of carbonyl (C=O) groups is 1. The Morgan fingerprint density at radius 3 is 2.69 bits per heavy atom. The summed E-state index contributed by atoms with van der Waals surface area (Å²) in [5.74, 6) is -0.633. The second kappa shape index (κ2) is 4.23. The lowest BCUT2D eigenvalue weighted by Crippen LogP contribution is -1.96. The van der Waals surface area contributed by atoms with Crippen molar-refractivity contribution in [2.75, 3.05) is 0 Å². The van der Waals surface area contributed by atoms with Gasteiger partial charge in [0.15, 0.2) is 0 Å². The molecule has 0 fully saturated rings. The van der Waals surface area contributed by atoms with Crippen molar-refractivity contribution in [1.29, 1.82) is 0 Å². The molecule has 1 aromatic rings. The Hall–Kier alpha value is -1.09. The van der Waals surface area contributed by atoms with Crippen molar-refractivity contribution < 1.29 is 9.90 Å². The normalized spacial score (nSPS) is 12.1. The van der Waals surface area contributed by atoms with E-state index in [1.807, 2.05) is 31.4 Å². The highest BCUT2D eigenvalue weighted by molar-refractivity contribution is 7.11. The summed E-state index contributed by atoms with van der Waals surface area (Å²) in [4.78, 5) is 11.6. The lowest BCUT2D eigenvalue weighted by Gasteiger charge is -2.07. The van der Waals surface area contributed by atoms with Crippen LogP contribution in [0.4, 0.5) is 0 Å². The predicted molar refractivity (Wildman–Crippen MR) is 54.8 cm³/mol. The summed E-state index contributed by atoms with van der Waals surface area (Å²) in [6.07, 6.45) is 1.29. The number of hydrogen-bond acceptors (Lipinski definition) is 2. The number of aliphatic carboxylic acids is 1. The fourth-order valence-electron chi connectivity index (χ4n) is 1.10. The van der Waals surface area contributed by atoms with Gasteiger partial charge in [0.1, 0.15) is 0 Å². The second-order valence-corrected chi connectivity index (χ2v) is 4.02. The Bertz CT molecular complexity index is 310. The highest BCUT2D eigenvalue weighted by atomic mass is 32.1. The third-order valence-electron chi connectivity index (χ3n) is 1.71. The minimum Gasteiger partial charge on any atom is -0.478 e. The van der Waals surface area contributed by atoms with Crippen LogP contribution in [0.3, 0.4) is 0 Å². The third kappa shape index (κ3) is 2.70. The molecule has 0 saturated carbocycles. The van der Waals surface area contributed by atoms with Crippen LogP contribution in [-0.4, -0.2) is 11.1 Å². The number of hydrogen-bond donors (Lipinski definition) is 1. The predicted octanol–water partition coefficient (Wildman–Crippen LogP) is 2.87. The maximum absolute atomic E-state index is 10.5. The summed E-state index contributed by atoms with van der Waals surface area (Å²) in [5.41, 5.74) is 0.891. The molecule has 2 nitrogen and oxygen atoms in total. The summed E-state index contributed by atoms with van der Waals surface area (Å²) in [6, 6.07) is 3.87. The van der Waals surface area contributed by atoms with Crippen molar-refractivity contribution >= 4 is 22.9 Å². The number of rotatable bonds is 3. The van der Waals surface area contributed by atoms with Crippen molar-refractivity contribution in [2.45, 2.75) is 13.8 Å². The van der Waals surface area contributed by atoms with Crippen LogP contribution in [0.2, 0.25) is 0 Å². The Labute approximate surface area is 81.5 Å². The van der Waals surface area contributed by atoms with Gasteiger partial charge in [-0.2, -0.15) is 0 Å². The monoisotopic (exact) mass is 196 g/mol. The van der Waals surface area contributed by atoms with Crippen LogP contribution >= 0.6 is 11.3 Å². The van der Waals surface area contributed by atoms with Crippen molar-refractivity contribution in [1.82, 2.24) is 0 Å². The zero-order chi connectivity index (χ0) is 9.84. The zero-order valence-corrected chi connectivity index (χ0v) is 8.47. The molecule has 13 heavy (non-hydrogen) atoms. The molecule has 1 aromatic heterocycles. The molecular weight excluding hydrogens is 184 g/mol. The van der Waals surface area contributed by atoms with Crippen LogP contribution in [-0.2, 0) is 4.79 Å². The molecule has 0 radical (unpaired) electrons. The van der Waals surface area contributed by atoms with E-state index >= 15 is 0 Å². The van der Waals surface area contributed by atoms with Crippen LogP contribution < -0.4 is 0 Å². The summed E-state index contributed by atoms with van der Waals surface area (Å²) < 4.78 is 0. The third-order valence-corrected chi connectivity index (χ3v) is 2.63. The van der Waals surface area contributed by atoms with Crippen molar-refractivity contribution in [3.05, 3.63) is 28.5 Å². The van der Waals surface area contributed by atoms with Crippen molar-refractivity contribution in [3.63, 3.8) is 0 Å². The van der Waals surface area contributed by atoms with Gasteiger partial charge >= 0.3 is 5.97 Å². The molecule has 0 aliphatic carbocycles. The van der Waals surface area contributed by atoms with E-state index in [1.165, 1.54) is 6.08 Å². The van der Waals surface area contributed by atoms with Crippen LogP contribution in [0.25, 0.3) is 5.57 Å². The summed E-state index contributed by atoms with van der Waals surface area (Å²) in [6.45, 7) is 3.99. The highest BCUT2D eigenvalue weighted by Crippen LogP contribution is 2.26. The molecular formula is C10H12O2S. The first-order chi connectivity index (χ1) is 6.11. The van der Waals surface area contributed by atoms with E-state index in [1.54, 1.807) is 11.3 Å². The number of allylic oxidation sites excluding steroid dienone is 1. The maximum atomic E-state index is 10.5. The van der Waals surface area contributed by atoms with Gasteiger partial charge in [-0.3, -0.25) is 0 Å². The Morgan fingerprint density at radius 1 is 1.62 bits per heavy atom. The standard InChI is InChI=1S/C10H12O2S/c1-7(2)8(6-10(11)12)9-4-3-5-13-9/h3-7H,1-2H3,(H,11,12). The lowest BCUT2D eigenvalue weighted by molar-refractivity contribution is -0.131. The number of thiophene rings is 1. The maximum Gasteiger partial charge on any atom is 0.328 e. The van der Waals surface area contributed by atoms with E-state index in [9.17, 15) is 4.79 Å². The smallest absolute Gasteiger partial charge is 0.328 e. The van der Waals surface area contributed by atoms with Crippen LogP contribution in [0, 0.1) is 5.92 Å². The molecule has 1 rings (SSSR count). The van der Waals surface area contributed by atoms with Gasteiger partial charge in [0.05, 0.1) is 0 Å². The largest absolute Gasteiger partial charge is 0.478 e. The minimum atomic E-state index is -0.878. The Balaban J connectivity index is 3.00. The molecule has 1 heterocycles. The molecule has 0 spiro atoms. The zero-order valence-electron chi connectivity index (χ0n) is 7.65. The molecule has 0 bridgehead atoms. The Morgan fingerprint density at radius 2 is 2.31 bits per heavy atom. The van der Waals surface area contributed by atoms with E-state index in [4.69, 9.17) is 5.11 Å². The van der Waals surface area contributed by atoms with E-state index in [0.717, 1.165) is 10.5 Å².